The zero-order valence-electron chi connectivity index (χ0n) is 13.3. The first-order valence-corrected chi connectivity index (χ1v) is 7.33. The first-order valence-electron chi connectivity index (χ1n) is 7.33. The molecule has 0 saturated heterocycles. The van der Waals surface area contributed by atoms with E-state index in [4.69, 9.17) is 0 Å². The van der Waals surface area contributed by atoms with Crippen LogP contribution in [-0.2, 0) is 0 Å². The number of rotatable bonds is 4. The van der Waals surface area contributed by atoms with Gasteiger partial charge in [0.1, 0.15) is 0 Å². The van der Waals surface area contributed by atoms with Gasteiger partial charge in [-0.05, 0) is 29.7 Å². The fraction of sp³-hybridized carbons (Fsp3) is 0.176. The average Bonchev–Trinajstić information content (AvgIpc) is 2.59. The fourth-order valence-corrected chi connectivity index (χ4v) is 2.04. The second kappa shape index (κ2) is 7.36. The molecule has 24 heavy (non-hydrogen) atoms. The molecular weight excluding hydrogens is 310 g/mol. The van der Waals surface area contributed by atoms with E-state index in [1.807, 2.05) is 26.0 Å². The lowest BCUT2D eigenvalue weighted by atomic mass is 10.0. The highest BCUT2D eigenvalue weighted by Crippen LogP contribution is 2.15. The van der Waals surface area contributed by atoms with Gasteiger partial charge in [-0.15, -0.1) is 0 Å². The van der Waals surface area contributed by atoms with E-state index in [1.54, 1.807) is 12.1 Å². The summed E-state index contributed by atoms with van der Waals surface area (Å²) in [7, 11) is 0. The minimum atomic E-state index is -0.633. The number of carbonyl (C=O) groups is 2. The number of nitrogens with one attached hydrogen (secondary N) is 2. The summed E-state index contributed by atoms with van der Waals surface area (Å²) < 4.78 is 0. The largest absolute Gasteiger partial charge is 0.270 e. The van der Waals surface area contributed by atoms with Crippen LogP contribution in [0.3, 0.4) is 0 Å². The number of nitrogens with zero attached hydrogens (tertiary/aromatic N) is 1. The average molecular weight is 327 g/mol. The van der Waals surface area contributed by atoms with Gasteiger partial charge in [0, 0.05) is 23.3 Å². The Morgan fingerprint density at radius 2 is 1.54 bits per heavy atom. The summed E-state index contributed by atoms with van der Waals surface area (Å²) in [6.45, 7) is 4.10. The van der Waals surface area contributed by atoms with E-state index in [0.717, 1.165) is 11.6 Å². The third-order valence-corrected chi connectivity index (χ3v) is 3.45. The summed E-state index contributed by atoms with van der Waals surface area (Å²) in [4.78, 5) is 34.1. The first-order chi connectivity index (χ1) is 11.4. The first kappa shape index (κ1) is 17.1. The molecule has 2 rings (SSSR count). The Morgan fingerprint density at radius 1 is 0.958 bits per heavy atom. The molecule has 2 amide bonds. The number of nitro benzene ring substituents is 1. The lowest BCUT2D eigenvalue weighted by Crippen LogP contribution is -2.41. The van der Waals surface area contributed by atoms with Gasteiger partial charge in [0.15, 0.2) is 0 Å². The van der Waals surface area contributed by atoms with Crippen molar-refractivity contribution in [1.82, 2.24) is 10.9 Å². The topological polar surface area (TPSA) is 101 Å². The van der Waals surface area contributed by atoms with E-state index in [1.165, 1.54) is 18.2 Å². The molecule has 2 aromatic rings. The van der Waals surface area contributed by atoms with Crippen LogP contribution in [0.2, 0.25) is 0 Å². The maximum Gasteiger partial charge on any atom is 0.270 e. The molecule has 2 N–H and O–H groups in total. The van der Waals surface area contributed by atoms with Crippen molar-refractivity contribution in [2.75, 3.05) is 0 Å². The van der Waals surface area contributed by atoms with Gasteiger partial charge in [0.25, 0.3) is 17.5 Å². The van der Waals surface area contributed by atoms with Crippen molar-refractivity contribution in [2.45, 2.75) is 19.8 Å². The van der Waals surface area contributed by atoms with Crippen molar-refractivity contribution in [2.24, 2.45) is 0 Å². The molecule has 7 nitrogen and oxygen atoms in total. The molecule has 0 unspecified atom stereocenters. The number of hydrogen-bond donors (Lipinski definition) is 2. The highest BCUT2D eigenvalue weighted by atomic mass is 16.6. The van der Waals surface area contributed by atoms with Gasteiger partial charge in [-0.3, -0.25) is 30.6 Å². The third kappa shape index (κ3) is 4.16. The van der Waals surface area contributed by atoms with Gasteiger partial charge < -0.3 is 0 Å². The number of amides is 2. The smallest absolute Gasteiger partial charge is 0.267 e. The Bertz CT molecular complexity index is 770. The number of hydrogen-bond acceptors (Lipinski definition) is 4. The fourth-order valence-electron chi connectivity index (χ4n) is 2.04. The summed E-state index contributed by atoms with van der Waals surface area (Å²) in [5.41, 5.74) is 5.92. The van der Waals surface area contributed by atoms with Crippen molar-refractivity contribution < 1.29 is 14.5 Å². The monoisotopic (exact) mass is 327 g/mol. The van der Waals surface area contributed by atoms with E-state index in [9.17, 15) is 19.7 Å². The zero-order valence-corrected chi connectivity index (χ0v) is 13.3. The number of nitro groups is 1. The van der Waals surface area contributed by atoms with Crippen LogP contribution in [0, 0.1) is 10.1 Å². The summed E-state index contributed by atoms with van der Waals surface area (Å²) in [5.74, 6) is -0.745. The third-order valence-electron chi connectivity index (χ3n) is 3.45. The molecule has 0 aliphatic carbocycles. The molecule has 0 saturated carbocycles. The highest BCUT2D eigenvalue weighted by Gasteiger charge is 2.13. The van der Waals surface area contributed by atoms with Crippen molar-refractivity contribution in [1.29, 1.82) is 0 Å². The molecule has 0 spiro atoms. The van der Waals surface area contributed by atoms with Crippen molar-refractivity contribution in [3.05, 3.63) is 75.3 Å². The molecular formula is C17H17N3O4. The number of non-ortho nitro benzene ring substituents is 1. The normalized spacial score (nSPS) is 10.3. The summed E-state index contributed by atoms with van der Waals surface area (Å²) >= 11 is 0. The molecule has 0 aromatic heterocycles. The summed E-state index contributed by atoms with van der Waals surface area (Å²) in [6.07, 6.45) is 0. The lowest BCUT2D eigenvalue weighted by Gasteiger charge is -2.09. The van der Waals surface area contributed by atoms with Crippen LogP contribution in [0.5, 0.6) is 0 Å². The number of carbonyl (C=O) groups excluding carboxylic acids is 2. The molecule has 0 aliphatic heterocycles. The van der Waals surface area contributed by atoms with Crippen molar-refractivity contribution >= 4 is 17.5 Å². The van der Waals surface area contributed by atoms with Gasteiger partial charge in [-0.25, -0.2) is 0 Å². The van der Waals surface area contributed by atoms with Crippen LogP contribution in [0.1, 0.15) is 46.0 Å². The Kier molecular flexibility index (Phi) is 5.26. The second-order valence-electron chi connectivity index (χ2n) is 5.49. The van der Waals surface area contributed by atoms with Crippen molar-refractivity contribution in [3.8, 4) is 0 Å². The SMILES string of the molecule is CC(C)c1ccc(C(=O)NNC(=O)c2cccc([N+](=O)[O-])c2)cc1. The molecule has 7 heteroatoms. The molecule has 0 aliphatic rings. The van der Waals surface area contributed by atoms with Crippen LogP contribution in [0.4, 0.5) is 5.69 Å². The Hall–Kier alpha value is -3.22. The zero-order chi connectivity index (χ0) is 17.7. The number of hydrazine groups is 1. The minimum Gasteiger partial charge on any atom is -0.267 e. The van der Waals surface area contributed by atoms with Crippen LogP contribution in [0.25, 0.3) is 0 Å². The van der Waals surface area contributed by atoms with Gasteiger partial charge in [0.05, 0.1) is 4.92 Å². The summed E-state index contributed by atoms with van der Waals surface area (Å²) in [6, 6.07) is 12.3. The predicted octanol–water partition coefficient (Wildman–Crippen LogP) is 2.79. The van der Waals surface area contributed by atoms with E-state index in [2.05, 4.69) is 10.9 Å². The number of benzene rings is 2. The Balaban J connectivity index is 1.99. The Morgan fingerprint density at radius 3 is 2.08 bits per heavy atom. The van der Waals surface area contributed by atoms with Crippen molar-refractivity contribution in [3.63, 3.8) is 0 Å². The standard InChI is InChI=1S/C17H17N3O4/c1-11(2)12-6-8-13(9-7-12)16(21)18-19-17(22)14-4-3-5-15(10-14)20(23)24/h3-11H,1-2H3,(H,18,21)(H,19,22). The van der Waals surface area contributed by atoms with E-state index < -0.39 is 16.7 Å². The molecule has 0 heterocycles. The molecule has 2 aromatic carbocycles. The lowest BCUT2D eigenvalue weighted by molar-refractivity contribution is -0.384. The highest BCUT2D eigenvalue weighted by molar-refractivity contribution is 5.99. The van der Waals surface area contributed by atoms with Gasteiger partial charge in [-0.2, -0.15) is 0 Å². The van der Waals surface area contributed by atoms with Crippen LogP contribution in [0.15, 0.2) is 48.5 Å². The maximum atomic E-state index is 12.0. The molecule has 0 fully saturated rings. The summed E-state index contributed by atoms with van der Waals surface area (Å²) in [5, 5.41) is 10.7. The van der Waals surface area contributed by atoms with E-state index in [0.29, 0.717) is 11.5 Å². The molecule has 0 radical (unpaired) electrons. The van der Waals surface area contributed by atoms with E-state index in [-0.39, 0.29) is 11.3 Å². The van der Waals surface area contributed by atoms with Gasteiger partial charge in [0.2, 0.25) is 0 Å². The molecule has 0 bridgehead atoms. The van der Waals surface area contributed by atoms with Crippen LogP contribution >= 0.6 is 0 Å². The minimum absolute atomic E-state index is 0.0830. The quantitative estimate of drug-likeness (QED) is 0.666. The van der Waals surface area contributed by atoms with Gasteiger partial charge >= 0.3 is 0 Å². The predicted molar refractivity (Wildman–Crippen MR) is 88.6 cm³/mol. The molecule has 124 valence electrons. The van der Waals surface area contributed by atoms with Crippen LogP contribution < -0.4 is 10.9 Å². The maximum absolute atomic E-state index is 12.0. The Labute approximate surface area is 138 Å². The molecule has 0 atom stereocenters. The van der Waals surface area contributed by atoms with Gasteiger partial charge in [-0.1, -0.05) is 32.0 Å². The van der Waals surface area contributed by atoms with E-state index >= 15 is 0 Å². The van der Waals surface area contributed by atoms with Crippen LogP contribution in [-0.4, -0.2) is 16.7 Å². The second-order valence-corrected chi connectivity index (χ2v) is 5.49.